The third kappa shape index (κ3) is 4.22. The summed E-state index contributed by atoms with van der Waals surface area (Å²) < 4.78 is 28.7. The molecule has 2 aromatic rings. The van der Waals surface area contributed by atoms with Gasteiger partial charge in [-0.25, -0.2) is 8.42 Å². The van der Waals surface area contributed by atoms with Gasteiger partial charge in [-0.1, -0.05) is 18.2 Å². The molecule has 0 aliphatic carbocycles. The Hall–Kier alpha value is -2.41. The van der Waals surface area contributed by atoms with E-state index in [0.29, 0.717) is 18.4 Å². The molecule has 1 fully saturated rings. The first-order valence-corrected chi connectivity index (χ1v) is 10.2. The van der Waals surface area contributed by atoms with Gasteiger partial charge in [-0.05, 0) is 31.5 Å². The van der Waals surface area contributed by atoms with E-state index in [2.05, 4.69) is 10.3 Å². The van der Waals surface area contributed by atoms with Crippen LogP contribution in [0.15, 0.2) is 42.6 Å². The van der Waals surface area contributed by atoms with E-state index in [1.165, 1.54) is 6.20 Å². The lowest BCUT2D eigenvalue weighted by Gasteiger charge is -2.23. The molecule has 1 aliphatic rings. The smallest absolute Gasteiger partial charge is 0.253 e. The molecule has 3 rings (SSSR count). The summed E-state index contributed by atoms with van der Waals surface area (Å²) in [6.45, 7) is 1.76. The number of nitrogens with zero attached hydrogens (tertiary/aromatic N) is 1. The molecule has 1 atom stereocenters. The average molecular weight is 374 g/mol. The van der Waals surface area contributed by atoms with Crippen molar-refractivity contribution in [3.05, 3.63) is 59.4 Å². The lowest BCUT2D eigenvalue weighted by atomic mass is 10.0. The molecule has 1 saturated heterocycles. The maximum Gasteiger partial charge on any atom is 0.253 e. The van der Waals surface area contributed by atoms with Gasteiger partial charge >= 0.3 is 0 Å². The maximum absolute atomic E-state index is 12.4. The van der Waals surface area contributed by atoms with Crippen molar-refractivity contribution < 1.29 is 17.9 Å². The molecule has 0 spiro atoms. The number of sulfone groups is 1. The van der Waals surface area contributed by atoms with Crippen LogP contribution >= 0.6 is 0 Å². The normalized spacial score (nSPS) is 21.3. The molecule has 1 amide bonds. The summed E-state index contributed by atoms with van der Waals surface area (Å²) in [5.74, 6) is 0.581. The number of para-hydroxylation sites is 1. The Bertz CT molecular complexity index is 909. The molecule has 1 aliphatic heterocycles. The number of pyridine rings is 1. The van der Waals surface area contributed by atoms with Gasteiger partial charge in [0.15, 0.2) is 9.84 Å². The van der Waals surface area contributed by atoms with Gasteiger partial charge in [-0.3, -0.25) is 9.78 Å². The molecule has 2 heterocycles. The Kier molecular flexibility index (Phi) is 5.00. The lowest BCUT2D eigenvalue weighted by molar-refractivity contribution is 0.0915. The topological polar surface area (TPSA) is 85.4 Å². The van der Waals surface area contributed by atoms with Crippen LogP contribution in [-0.2, 0) is 16.3 Å². The molecule has 26 heavy (non-hydrogen) atoms. The second kappa shape index (κ2) is 7.07. The van der Waals surface area contributed by atoms with Gasteiger partial charge in [-0.2, -0.15) is 0 Å². The summed E-state index contributed by atoms with van der Waals surface area (Å²) in [6, 6.07) is 11.2. The molecule has 1 N–H and O–H groups in total. The molecule has 0 unspecified atom stereocenters. The highest BCUT2D eigenvalue weighted by Gasteiger charge is 2.39. The first-order chi connectivity index (χ1) is 12.3. The molecule has 0 saturated carbocycles. The molecule has 0 bridgehead atoms. The maximum atomic E-state index is 12.4. The molecule has 1 aromatic carbocycles. The molecular formula is C19H22N2O4S. The van der Waals surface area contributed by atoms with Gasteiger partial charge in [0.25, 0.3) is 5.91 Å². The summed E-state index contributed by atoms with van der Waals surface area (Å²) in [7, 11) is -1.44. The zero-order valence-electron chi connectivity index (χ0n) is 14.9. The van der Waals surface area contributed by atoms with Crippen molar-refractivity contribution in [2.75, 3.05) is 18.6 Å². The highest BCUT2D eigenvalue weighted by atomic mass is 32.2. The number of carbonyl (C=O) groups excluding carboxylic acids is 1. The Morgan fingerprint density at radius 1 is 1.27 bits per heavy atom. The third-order valence-corrected chi connectivity index (χ3v) is 6.47. The number of methoxy groups -OCH3 is 1. The number of rotatable bonds is 5. The molecule has 138 valence electrons. The van der Waals surface area contributed by atoms with Crippen molar-refractivity contribution in [1.29, 1.82) is 0 Å². The van der Waals surface area contributed by atoms with Crippen LogP contribution in [0, 0.1) is 0 Å². The van der Waals surface area contributed by atoms with Crippen molar-refractivity contribution in [3.8, 4) is 5.75 Å². The first-order valence-electron chi connectivity index (χ1n) is 8.40. The highest BCUT2D eigenvalue weighted by molar-refractivity contribution is 7.91. The standard InChI is InChI=1S/C19H22N2O4S/c1-19(9-10-26(23,24)13-19)21-18(22)15-7-8-16(20-12-15)11-14-5-3-4-6-17(14)25-2/h3-8,12H,9-11,13H2,1-2H3,(H,21,22)/t19-/m1/s1. The van der Waals surface area contributed by atoms with Gasteiger partial charge in [0.05, 0.1) is 29.7 Å². The van der Waals surface area contributed by atoms with Crippen molar-refractivity contribution >= 4 is 15.7 Å². The van der Waals surface area contributed by atoms with Crippen LogP contribution < -0.4 is 10.1 Å². The van der Waals surface area contributed by atoms with E-state index in [0.717, 1.165) is 17.0 Å². The van der Waals surface area contributed by atoms with Gasteiger partial charge in [0.2, 0.25) is 0 Å². The van der Waals surface area contributed by atoms with Crippen molar-refractivity contribution in [2.24, 2.45) is 0 Å². The number of hydrogen-bond donors (Lipinski definition) is 1. The van der Waals surface area contributed by atoms with Crippen LogP contribution in [0.3, 0.4) is 0 Å². The zero-order chi connectivity index (χ0) is 18.8. The number of nitrogens with one attached hydrogen (secondary N) is 1. The Labute approximate surface area is 153 Å². The zero-order valence-corrected chi connectivity index (χ0v) is 15.7. The second-order valence-corrected chi connectivity index (χ2v) is 9.07. The van der Waals surface area contributed by atoms with Crippen LogP contribution in [0.1, 0.15) is 35.0 Å². The number of ether oxygens (including phenoxy) is 1. The number of benzene rings is 1. The number of amides is 1. The van der Waals surface area contributed by atoms with E-state index >= 15 is 0 Å². The van der Waals surface area contributed by atoms with Gasteiger partial charge in [0.1, 0.15) is 5.75 Å². The van der Waals surface area contributed by atoms with Crippen LogP contribution in [0.5, 0.6) is 5.75 Å². The van der Waals surface area contributed by atoms with E-state index in [9.17, 15) is 13.2 Å². The summed E-state index contributed by atoms with van der Waals surface area (Å²) in [5, 5.41) is 2.84. The van der Waals surface area contributed by atoms with E-state index in [1.54, 1.807) is 26.2 Å². The lowest BCUT2D eigenvalue weighted by Crippen LogP contribution is -2.46. The highest BCUT2D eigenvalue weighted by Crippen LogP contribution is 2.23. The van der Waals surface area contributed by atoms with E-state index in [-0.39, 0.29) is 17.4 Å². The second-order valence-electron chi connectivity index (χ2n) is 6.88. The number of aromatic nitrogens is 1. The molecule has 7 heteroatoms. The van der Waals surface area contributed by atoms with Crippen LogP contribution in [-0.4, -0.2) is 43.5 Å². The predicted octanol–water partition coefficient (Wildman–Crippen LogP) is 1.99. The first kappa shape index (κ1) is 18.4. The van der Waals surface area contributed by atoms with Crippen molar-refractivity contribution in [2.45, 2.75) is 25.3 Å². The average Bonchev–Trinajstić information content (AvgIpc) is 2.88. The van der Waals surface area contributed by atoms with Crippen molar-refractivity contribution in [3.63, 3.8) is 0 Å². The monoisotopic (exact) mass is 374 g/mol. The number of carbonyl (C=O) groups is 1. The largest absolute Gasteiger partial charge is 0.496 e. The van der Waals surface area contributed by atoms with Crippen LogP contribution in [0.25, 0.3) is 0 Å². The summed E-state index contributed by atoms with van der Waals surface area (Å²) in [4.78, 5) is 16.8. The minimum absolute atomic E-state index is 0.0228. The fourth-order valence-electron chi connectivity index (χ4n) is 3.16. The summed E-state index contributed by atoms with van der Waals surface area (Å²) in [5.41, 5.74) is 1.54. The third-order valence-electron chi connectivity index (χ3n) is 4.57. The van der Waals surface area contributed by atoms with Crippen LogP contribution in [0.2, 0.25) is 0 Å². The van der Waals surface area contributed by atoms with Crippen LogP contribution in [0.4, 0.5) is 0 Å². The van der Waals surface area contributed by atoms with Gasteiger partial charge in [0, 0.05) is 23.9 Å². The van der Waals surface area contributed by atoms with Gasteiger partial charge in [-0.15, -0.1) is 0 Å². The summed E-state index contributed by atoms with van der Waals surface area (Å²) >= 11 is 0. The van der Waals surface area contributed by atoms with E-state index < -0.39 is 15.4 Å². The summed E-state index contributed by atoms with van der Waals surface area (Å²) in [6.07, 6.45) is 2.55. The number of hydrogen-bond acceptors (Lipinski definition) is 5. The minimum Gasteiger partial charge on any atom is -0.496 e. The van der Waals surface area contributed by atoms with Crippen molar-refractivity contribution in [1.82, 2.24) is 10.3 Å². The fourth-order valence-corrected chi connectivity index (χ4v) is 5.26. The SMILES string of the molecule is COc1ccccc1Cc1ccc(C(=O)N[C@]2(C)CCS(=O)(=O)C2)cn1. The quantitative estimate of drug-likeness (QED) is 0.865. The fraction of sp³-hybridized carbons (Fsp3) is 0.368. The minimum atomic E-state index is -3.07. The molecular weight excluding hydrogens is 352 g/mol. The van der Waals surface area contributed by atoms with E-state index in [4.69, 9.17) is 4.74 Å². The Balaban J connectivity index is 1.68. The molecule has 0 radical (unpaired) electrons. The Morgan fingerprint density at radius 2 is 2.04 bits per heavy atom. The molecule has 1 aromatic heterocycles. The van der Waals surface area contributed by atoms with Gasteiger partial charge < -0.3 is 10.1 Å². The Morgan fingerprint density at radius 3 is 2.65 bits per heavy atom. The predicted molar refractivity (Wildman–Crippen MR) is 99.2 cm³/mol. The molecule has 6 nitrogen and oxygen atoms in total. The van der Waals surface area contributed by atoms with E-state index in [1.807, 2.05) is 24.3 Å².